The molecule has 0 amide bonds. The lowest BCUT2D eigenvalue weighted by atomic mass is 9.91. The average molecular weight is 286 g/mol. The third-order valence-corrected chi connectivity index (χ3v) is 3.18. The van der Waals surface area contributed by atoms with Gasteiger partial charge in [0.25, 0.3) is 0 Å². The largest absolute Gasteiger partial charge is 0.496 e. The lowest BCUT2D eigenvalue weighted by molar-refractivity contribution is 0.0976. The van der Waals surface area contributed by atoms with E-state index in [9.17, 15) is 10.1 Å². The predicted octanol–water partition coefficient (Wildman–Crippen LogP) is 3.84. The van der Waals surface area contributed by atoms with Crippen LogP contribution < -0.4 is 4.74 Å². The molecule has 0 aliphatic heterocycles. The van der Waals surface area contributed by atoms with Crippen LogP contribution in [-0.2, 0) is 0 Å². The molecule has 1 atom stereocenters. The smallest absolute Gasteiger partial charge is 0.188 e. The number of benzene rings is 2. The van der Waals surface area contributed by atoms with Gasteiger partial charge in [-0.1, -0.05) is 35.9 Å². The van der Waals surface area contributed by atoms with E-state index in [-0.39, 0.29) is 5.78 Å². The Bertz CT molecular complexity index is 676. The van der Waals surface area contributed by atoms with Gasteiger partial charge in [0.1, 0.15) is 11.7 Å². The van der Waals surface area contributed by atoms with Gasteiger partial charge in [0.15, 0.2) is 5.78 Å². The maximum Gasteiger partial charge on any atom is 0.188 e. The normalized spacial score (nSPS) is 11.4. The minimum absolute atomic E-state index is 0.299. The predicted molar refractivity (Wildman–Crippen MR) is 77.1 cm³/mol. The summed E-state index contributed by atoms with van der Waals surface area (Å²) in [5.41, 5.74) is 0.970. The molecular formula is C16H12ClNO2. The van der Waals surface area contributed by atoms with Gasteiger partial charge in [-0.3, -0.25) is 4.79 Å². The number of carbonyl (C=O) groups is 1. The van der Waals surface area contributed by atoms with Crippen molar-refractivity contribution in [3.05, 3.63) is 64.7 Å². The van der Waals surface area contributed by atoms with E-state index in [1.807, 2.05) is 6.07 Å². The summed E-state index contributed by atoms with van der Waals surface area (Å²) < 4.78 is 5.16. The minimum Gasteiger partial charge on any atom is -0.496 e. The van der Waals surface area contributed by atoms with Crippen molar-refractivity contribution in [2.75, 3.05) is 7.11 Å². The van der Waals surface area contributed by atoms with Crippen LogP contribution in [0.25, 0.3) is 0 Å². The molecule has 2 aromatic rings. The Morgan fingerprint density at radius 2 is 2.00 bits per heavy atom. The molecule has 0 fully saturated rings. The van der Waals surface area contributed by atoms with Crippen molar-refractivity contribution in [1.29, 1.82) is 5.26 Å². The fourth-order valence-corrected chi connectivity index (χ4v) is 2.17. The Labute approximate surface area is 122 Å². The number of nitriles is 1. The molecule has 0 spiro atoms. The van der Waals surface area contributed by atoms with Crippen molar-refractivity contribution in [1.82, 2.24) is 0 Å². The third-order valence-electron chi connectivity index (χ3n) is 2.95. The Balaban J connectivity index is 2.42. The summed E-state index contributed by atoms with van der Waals surface area (Å²) in [6, 6.07) is 15.7. The zero-order chi connectivity index (χ0) is 14.5. The minimum atomic E-state index is -0.898. The molecule has 0 bridgehead atoms. The third kappa shape index (κ3) is 2.81. The SMILES string of the molecule is COc1ccccc1C(=O)C(C#N)c1cccc(Cl)c1. The first kappa shape index (κ1) is 14.1. The lowest BCUT2D eigenvalue weighted by Gasteiger charge is -2.11. The summed E-state index contributed by atoms with van der Waals surface area (Å²) in [6.07, 6.45) is 0. The highest BCUT2D eigenvalue weighted by Gasteiger charge is 2.24. The van der Waals surface area contributed by atoms with Crippen LogP contribution in [0.1, 0.15) is 21.8 Å². The number of Topliss-reactive ketones (excluding diaryl/α,β-unsaturated/α-hetero) is 1. The zero-order valence-corrected chi connectivity index (χ0v) is 11.6. The summed E-state index contributed by atoms with van der Waals surface area (Å²) in [5, 5.41) is 9.81. The van der Waals surface area contributed by atoms with Gasteiger partial charge in [-0.15, -0.1) is 0 Å². The number of para-hydroxylation sites is 1. The molecule has 4 heteroatoms. The van der Waals surface area contributed by atoms with Gasteiger partial charge in [0.05, 0.1) is 18.7 Å². The first-order chi connectivity index (χ1) is 9.67. The van der Waals surface area contributed by atoms with Crippen LogP contribution in [0.5, 0.6) is 5.75 Å². The molecule has 1 unspecified atom stereocenters. The van der Waals surface area contributed by atoms with Crippen molar-refractivity contribution < 1.29 is 9.53 Å². The Hall–Kier alpha value is -2.31. The molecule has 0 heterocycles. The maximum absolute atomic E-state index is 12.5. The number of hydrogen-bond acceptors (Lipinski definition) is 3. The van der Waals surface area contributed by atoms with E-state index >= 15 is 0 Å². The van der Waals surface area contributed by atoms with Gasteiger partial charge in [-0.05, 0) is 29.8 Å². The summed E-state index contributed by atoms with van der Waals surface area (Å²) in [4.78, 5) is 12.5. The standard InChI is InChI=1S/C16H12ClNO2/c1-20-15-8-3-2-7-13(15)16(19)14(10-18)11-5-4-6-12(17)9-11/h2-9,14H,1H3. The number of ketones is 1. The van der Waals surface area contributed by atoms with Gasteiger partial charge in [-0.2, -0.15) is 5.26 Å². The molecule has 0 radical (unpaired) electrons. The van der Waals surface area contributed by atoms with Gasteiger partial charge in [-0.25, -0.2) is 0 Å². The second-order valence-corrected chi connectivity index (χ2v) is 4.62. The van der Waals surface area contributed by atoms with E-state index in [1.54, 1.807) is 48.5 Å². The number of ether oxygens (including phenoxy) is 1. The Morgan fingerprint density at radius 3 is 2.65 bits per heavy atom. The summed E-state index contributed by atoms with van der Waals surface area (Å²) in [7, 11) is 1.49. The topological polar surface area (TPSA) is 50.1 Å². The molecular weight excluding hydrogens is 274 g/mol. The first-order valence-electron chi connectivity index (χ1n) is 5.99. The van der Waals surface area contributed by atoms with E-state index in [1.165, 1.54) is 7.11 Å². The number of nitrogens with zero attached hydrogens (tertiary/aromatic N) is 1. The fraction of sp³-hybridized carbons (Fsp3) is 0.125. The van der Waals surface area contributed by atoms with Gasteiger partial charge in [0.2, 0.25) is 0 Å². The highest BCUT2D eigenvalue weighted by Crippen LogP contribution is 2.27. The van der Waals surface area contributed by atoms with Crippen LogP contribution >= 0.6 is 11.6 Å². The average Bonchev–Trinajstić information content (AvgIpc) is 2.48. The van der Waals surface area contributed by atoms with Crippen LogP contribution in [0.3, 0.4) is 0 Å². The second kappa shape index (κ2) is 6.23. The molecule has 0 saturated heterocycles. The number of methoxy groups -OCH3 is 1. The van der Waals surface area contributed by atoms with Gasteiger partial charge >= 0.3 is 0 Å². The number of carbonyl (C=O) groups excluding carboxylic acids is 1. The summed E-state index contributed by atoms with van der Waals surface area (Å²) in [5.74, 6) is -0.739. The number of hydrogen-bond donors (Lipinski definition) is 0. The summed E-state index contributed by atoms with van der Waals surface area (Å²) in [6.45, 7) is 0. The van der Waals surface area contributed by atoms with Crippen molar-refractivity contribution >= 4 is 17.4 Å². The summed E-state index contributed by atoms with van der Waals surface area (Å²) >= 11 is 5.91. The molecule has 0 aliphatic carbocycles. The quantitative estimate of drug-likeness (QED) is 0.802. The molecule has 3 nitrogen and oxygen atoms in total. The molecule has 20 heavy (non-hydrogen) atoms. The van der Waals surface area contributed by atoms with E-state index in [4.69, 9.17) is 16.3 Å². The first-order valence-corrected chi connectivity index (χ1v) is 6.37. The van der Waals surface area contributed by atoms with E-state index in [2.05, 4.69) is 0 Å². The molecule has 0 N–H and O–H groups in total. The van der Waals surface area contributed by atoms with Gasteiger partial charge < -0.3 is 4.74 Å². The molecule has 100 valence electrons. The molecule has 0 saturated carbocycles. The van der Waals surface area contributed by atoms with Crippen molar-refractivity contribution in [2.45, 2.75) is 5.92 Å². The van der Waals surface area contributed by atoms with Crippen molar-refractivity contribution in [3.8, 4) is 11.8 Å². The Morgan fingerprint density at radius 1 is 1.25 bits per heavy atom. The fourth-order valence-electron chi connectivity index (χ4n) is 1.97. The molecule has 2 aromatic carbocycles. The molecule has 0 aromatic heterocycles. The van der Waals surface area contributed by atoms with Crippen LogP contribution in [0.2, 0.25) is 5.02 Å². The highest BCUT2D eigenvalue weighted by atomic mass is 35.5. The highest BCUT2D eigenvalue weighted by molar-refractivity contribution is 6.30. The van der Waals surface area contributed by atoms with Crippen LogP contribution in [-0.4, -0.2) is 12.9 Å². The number of halogens is 1. The van der Waals surface area contributed by atoms with Crippen molar-refractivity contribution in [3.63, 3.8) is 0 Å². The molecule has 2 rings (SSSR count). The van der Waals surface area contributed by atoms with Crippen LogP contribution in [0.4, 0.5) is 0 Å². The van der Waals surface area contributed by atoms with Gasteiger partial charge in [0, 0.05) is 5.02 Å². The van der Waals surface area contributed by atoms with E-state index < -0.39 is 5.92 Å². The van der Waals surface area contributed by atoms with E-state index in [0.29, 0.717) is 21.9 Å². The van der Waals surface area contributed by atoms with Crippen LogP contribution in [0.15, 0.2) is 48.5 Å². The number of rotatable bonds is 4. The monoisotopic (exact) mass is 285 g/mol. The second-order valence-electron chi connectivity index (χ2n) is 4.18. The van der Waals surface area contributed by atoms with Crippen LogP contribution in [0, 0.1) is 11.3 Å². The van der Waals surface area contributed by atoms with Crippen molar-refractivity contribution in [2.24, 2.45) is 0 Å². The maximum atomic E-state index is 12.5. The Kier molecular flexibility index (Phi) is 4.39. The lowest BCUT2D eigenvalue weighted by Crippen LogP contribution is -2.12. The zero-order valence-electron chi connectivity index (χ0n) is 10.8. The molecule has 0 aliphatic rings. The van der Waals surface area contributed by atoms with E-state index in [0.717, 1.165) is 0 Å².